The molecule has 3 aromatic carbocycles. The van der Waals surface area contributed by atoms with Gasteiger partial charge < -0.3 is 10.4 Å². The molecule has 12 heteroatoms. The van der Waals surface area contributed by atoms with Gasteiger partial charge in [0.2, 0.25) is 5.91 Å². The molecular weight excluding hydrogens is 505 g/mol. The molecule has 4 rings (SSSR count). The van der Waals surface area contributed by atoms with Crippen LogP contribution in [0.5, 0.6) is 5.75 Å². The van der Waals surface area contributed by atoms with Crippen LogP contribution in [0.15, 0.2) is 75.1 Å². The van der Waals surface area contributed by atoms with Crippen LogP contribution in [0.2, 0.25) is 10.0 Å². The molecule has 2 N–H and O–H groups in total. The third-order valence-electron chi connectivity index (χ3n) is 4.90. The van der Waals surface area contributed by atoms with Crippen LogP contribution in [0.3, 0.4) is 0 Å². The lowest BCUT2D eigenvalue weighted by atomic mass is 10.2. The fourth-order valence-electron chi connectivity index (χ4n) is 3.42. The van der Waals surface area contributed by atoms with Gasteiger partial charge in [0, 0.05) is 17.0 Å². The van der Waals surface area contributed by atoms with Gasteiger partial charge >= 0.3 is 5.69 Å². The summed E-state index contributed by atoms with van der Waals surface area (Å²) in [5, 5.41) is 13.5. The molecule has 174 valence electrons. The van der Waals surface area contributed by atoms with Crippen molar-refractivity contribution in [3.63, 3.8) is 0 Å². The number of anilines is 1. The van der Waals surface area contributed by atoms with Crippen LogP contribution in [0.1, 0.15) is 6.92 Å². The molecule has 0 aliphatic rings. The van der Waals surface area contributed by atoms with E-state index in [2.05, 4.69) is 5.32 Å². The van der Waals surface area contributed by atoms with E-state index in [1.54, 1.807) is 0 Å². The van der Waals surface area contributed by atoms with Crippen molar-refractivity contribution >= 4 is 55.7 Å². The zero-order chi connectivity index (χ0) is 24.8. The second-order valence-corrected chi connectivity index (χ2v) is 9.82. The summed E-state index contributed by atoms with van der Waals surface area (Å²) in [4.78, 5) is 37.9. The first kappa shape index (κ1) is 23.6. The Hall–Kier alpha value is -3.60. The number of aromatic hydroxyl groups is 1. The van der Waals surface area contributed by atoms with Crippen LogP contribution in [-0.2, 0) is 14.8 Å². The van der Waals surface area contributed by atoms with Crippen molar-refractivity contribution in [2.45, 2.75) is 11.8 Å². The first-order chi connectivity index (χ1) is 16.0. The monoisotopic (exact) mass is 519 g/mol. The lowest BCUT2D eigenvalue weighted by Crippen LogP contribution is -2.43. The molecule has 0 saturated carbocycles. The van der Waals surface area contributed by atoms with E-state index in [9.17, 15) is 27.9 Å². The third kappa shape index (κ3) is 3.96. The molecule has 0 spiro atoms. The molecule has 0 aliphatic heterocycles. The zero-order valence-corrected chi connectivity index (χ0v) is 19.6. The standard InChI is InChI=1S/C22H15Cl2N3O6S/c1-12(28)25-17-3-2-4-18(20(17)29)26-19-11-14(24)7-10-16(19)21(30)27(22(26)31)34(32,33)15-8-5-13(23)6-9-15/h2-11,29H,1H3,(H,25,28). The number of hydrogen-bond acceptors (Lipinski definition) is 6. The second-order valence-electron chi connectivity index (χ2n) is 7.16. The summed E-state index contributed by atoms with van der Waals surface area (Å²) in [5.41, 5.74) is -2.61. The highest BCUT2D eigenvalue weighted by molar-refractivity contribution is 7.90. The molecule has 0 radical (unpaired) electrons. The number of benzene rings is 3. The maximum Gasteiger partial charge on any atom is 0.350 e. The minimum atomic E-state index is -4.66. The summed E-state index contributed by atoms with van der Waals surface area (Å²) in [6.45, 7) is 1.23. The van der Waals surface area contributed by atoms with E-state index >= 15 is 0 Å². The number of para-hydroxylation sites is 1. The number of halogens is 2. The normalized spacial score (nSPS) is 11.5. The fourth-order valence-corrected chi connectivity index (χ4v) is 5.01. The van der Waals surface area contributed by atoms with Gasteiger partial charge in [-0.3, -0.25) is 14.2 Å². The van der Waals surface area contributed by atoms with Gasteiger partial charge in [0.15, 0.2) is 5.75 Å². The smallest absolute Gasteiger partial charge is 0.350 e. The van der Waals surface area contributed by atoms with Crippen LogP contribution in [0.4, 0.5) is 5.69 Å². The highest BCUT2D eigenvalue weighted by Crippen LogP contribution is 2.32. The number of phenols is 1. The minimum absolute atomic E-state index is 0.0228. The number of nitrogens with one attached hydrogen (secondary N) is 1. The number of nitrogens with zero attached hydrogens (tertiary/aromatic N) is 2. The van der Waals surface area contributed by atoms with Crippen LogP contribution in [0, 0.1) is 0 Å². The van der Waals surface area contributed by atoms with Gasteiger partial charge in [0.1, 0.15) is 0 Å². The van der Waals surface area contributed by atoms with Crippen molar-refractivity contribution in [3.05, 3.63) is 91.5 Å². The topological polar surface area (TPSA) is 127 Å². The number of carbonyl (C=O) groups is 1. The quantitative estimate of drug-likeness (QED) is 0.398. The number of rotatable bonds is 4. The summed E-state index contributed by atoms with van der Waals surface area (Å²) in [7, 11) is -4.66. The summed E-state index contributed by atoms with van der Waals surface area (Å²) < 4.78 is 27.6. The molecule has 0 atom stereocenters. The maximum atomic E-state index is 13.6. The van der Waals surface area contributed by atoms with Crippen molar-refractivity contribution in [3.8, 4) is 11.4 Å². The Bertz CT molecular complexity index is 1690. The van der Waals surface area contributed by atoms with Gasteiger partial charge in [-0.2, -0.15) is 0 Å². The Labute approximate surface area is 202 Å². The molecular formula is C22H15Cl2N3O6S. The summed E-state index contributed by atoms with van der Waals surface area (Å²) in [6.07, 6.45) is 0. The zero-order valence-electron chi connectivity index (χ0n) is 17.3. The molecule has 1 aromatic heterocycles. The summed E-state index contributed by atoms with van der Waals surface area (Å²) >= 11 is 11.9. The minimum Gasteiger partial charge on any atom is -0.504 e. The summed E-state index contributed by atoms with van der Waals surface area (Å²) in [5.74, 6) is -1.00. The molecule has 34 heavy (non-hydrogen) atoms. The van der Waals surface area contributed by atoms with Gasteiger partial charge in [0.25, 0.3) is 15.6 Å². The Morgan fingerprint density at radius 2 is 1.62 bits per heavy atom. The van der Waals surface area contributed by atoms with Crippen LogP contribution >= 0.6 is 23.2 Å². The molecule has 0 unspecified atom stereocenters. The van der Waals surface area contributed by atoms with E-state index in [0.717, 1.165) is 16.7 Å². The fraction of sp³-hybridized carbons (Fsp3) is 0.0455. The number of aromatic nitrogens is 2. The molecule has 1 heterocycles. The van der Waals surface area contributed by atoms with E-state index in [1.807, 2.05) is 0 Å². The average molecular weight is 520 g/mol. The number of hydrogen-bond donors (Lipinski definition) is 2. The highest BCUT2D eigenvalue weighted by Gasteiger charge is 2.27. The van der Waals surface area contributed by atoms with Crippen molar-refractivity contribution in [1.29, 1.82) is 0 Å². The number of carbonyl (C=O) groups excluding carboxylic acids is 1. The third-order valence-corrected chi connectivity index (χ3v) is 7.06. The van der Waals surface area contributed by atoms with E-state index in [1.165, 1.54) is 55.5 Å². The van der Waals surface area contributed by atoms with Gasteiger partial charge in [-0.15, -0.1) is 3.97 Å². The van der Waals surface area contributed by atoms with Crippen LogP contribution < -0.4 is 16.6 Å². The van der Waals surface area contributed by atoms with E-state index < -0.39 is 32.9 Å². The Balaban J connectivity index is 2.15. The molecule has 0 aliphatic carbocycles. The number of fused-ring (bicyclic) bond motifs is 1. The molecule has 0 fully saturated rings. The Morgan fingerprint density at radius 3 is 2.26 bits per heavy atom. The molecule has 9 nitrogen and oxygen atoms in total. The van der Waals surface area contributed by atoms with Crippen molar-refractivity contribution in [1.82, 2.24) is 8.54 Å². The predicted molar refractivity (Wildman–Crippen MR) is 129 cm³/mol. The van der Waals surface area contributed by atoms with Gasteiger partial charge in [-0.1, -0.05) is 29.3 Å². The van der Waals surface area contributed by atoms with Crippen LogP contribution in [-0.4, -0.2) is 28.0 Å². The largest absolute Gasteiger partial charge is 0.504 e. The first-order valence-electron chi connectivity index (χ1n) is 9.61. The van der Waals surface area contributed by atoms with Crippen molar-refractivity contribution in [2.24, 2.45) is 0 Å². The first-order valence-corrected chi connectivity index (χ1v) is 11.8. The SMILES string of the molecule is CC(=O)Nc1cccc(-n2c(=O)n(S(=O)(=O)c3ccc(Cl)cc3)c(=O)c3ccc(Cl)cc32)c1O. The van der Waals surface area contributed by atoms with Crippen LogP contribution in [0.25, 0.3) is 16.6 Å². The predicted octanol–water partition coefficient (Wildman–Crippen LogP) is 3.36. The average Bonchev–Trinajstić information content (AvgIpc) is 2.76. The highest BCUT2D eigenvalue weighted by atomic mass is 35.5. The summed E-state index contributed by atoms with van der Waals surface area (Å²) in [6, 6.07) is 13.0. The van der Waals surface area contributed by atoms with Gasteiger partial charge in [-0.05, 0) is 54.6 Å². The van der Waals surface area contributed by atoms with Gasteiger partial charge in [0.05, 0.1) is 27.2 Å². The van der Waals surface area contributed by atoms with Crippen molar-refractivity contribution < 1.29 is 18.3 Å². The lowest BCUT2D eigenvalue weighted by molar-refractivity contribution is -0.114. The molecule has 0 saturated heterocycles. The van der Waals surface area contributed by atoms with E-state index in [0.29, 0.717) is 0 Å². The Kier molecular flexibility index (Phi) is 5.98. The van der Waals surface area contributed by atoms with Gasteiger partial charge in [-0.25, -0.2) is 13.2 Å². The maximum absolute atomic E-state index is 13.6. The number of amides is 1. The molecule has 0 bridgehead atoms. The van der Waals surface area contributed by atoms with E-state index in [4.69, 9.17) is 23.2 Å². The second kappa shape index (κ2) is 8.64. The molecule has 1 amide bonds. The van der Waals surface area contributed by atoms with E-state index in [-0.39, 0.29) is 41.2 Å². The molecule has 4 aromatic rings. The lowest BCUT2D eigenvalue weighted by Gasteiger charge is -2.17. The van der Waals surface area contributed by atoms with Crippen molar-refractivity contribution in [2.75, 3.05) is 5.32 Å². The number of phenolic OH excluding ortho intramolecular Hbond substituents is 1. The Morgan fingerprint density at radius 1 is 0.971 bits per heavy atom.